The molecule has 0 aliphatic heterocycles. The van der Waals surface area contributed by atoms with Gasteiger partial charge in [0.05, 0.1) is 0 Å². The molecule has 2 atom stereocenters. The van der Waals surface area contributed by atoms with Crippen molar-refractivity contribution in [2.24, 2.45) is 0 Å². The summed E-state index contributed by atoms with van der Waals surface area (Å²) in [6, 6.07) is 1.95. The third kappa shape index (κ3) is 3.45. The molecule has 0 saturated carbocycles. The minimum atomic E-state index is -0.868. The van der Waals surface area contributed by atoms with Crippen LogP contribution >= 0.6 is 22.9 Å². The number of nitrogens with zero attached hydrogens (tertiary/aromatic N) is 2. The Hall–Kier alpha value is -0.640. The number of halogens is 1. The lowest BCUT2D eigenvalue weighted by Crippen LogP contribution is -2.20. The Balaban J connectivity index is 2.59. The van der Waals surface area contributed by atoms with Gasteiger partial charge in [0, 0.05) is 28.9 Å². The van der Waals surface area contributed by atoms with Gasteiger partial charge in [-0.1, -0.05) is 22.9 Å². The molecule has 1 aromatic heterocycles. The van der Waals surface area contributed by atoms with Crippen LogP contribution < -0.4 is 5.32 Å². The molecule has 0 spiro atoms. The average molecular weight is 264 g/mol. The van der Waals surface area contributed by atoms with E-state index < -0.39 is 10.8 Å². The van der Waals surface area contributed by atoms with Crippen LogP contribution in [-0.2, 0) is 10.8 Å². The molecule has 1 rings (SSSR count). The summed E-state index contributed by atoms with van der Waals surface area (Å²) in [5, 5.41) is 12.5. The SMILES string of the molecule is CC(CNc1nc(Cl)c(C#N)s1)S(C)=O. The van der Waals surface area contributed by atoms with E-state index in [4.69, 9.17) is 16.9 Å². The van der Waals surface area contributed by atoms with Gasteiger partial charge in [-0.3, -0.25) is 4.21 Å². The van der Waals surface area contributed by atoms with Crippen molar-refractivity contribution >= 4 is 38.9 Å². The molecule has 7 heteroatoms. The monoisotopic (exact) mass is 263 g/mol. The third-order valence-corrected chi connectivity index (χ3v) is 4.40. The maximum atomic E-state index is 11.1. The zero-order chi connectivity index (χ0) is 11.4. The zero-order valence-corrected chi connectivity index (χ0v) is 10.7. The molecule has 0 aliphatic rings. The normalized spacial score (nSPS) is 14.3. The molecule has 4 nitrogen and oxygen atoms in total. The standard InChI is InChI=1S/C8H10ClN3OS2/c1-5(15(2)13)4-11-8-12-7(9)6(3-10)14-8/h5H,4H2,1-2H3,(H,11,12). The number of nitrogens with one attached hydrogen (secondary N) is 1. The maximum absolute atomic E-state index is 11.1. The lowest BCUT2D eigenvalue weighted by Gasteiger charge is -2.07. The summed E-state index contributed by atoms with van der Waals surface area (Å²) in [5.74, 6) is 0. The molecule has 0 fully saturated rings. The smallest absolute Gasteiger partial charge is 0.185 e. The molecule has 1 aromatic rings. The van der Waals surface area contributed by atoms with Gasteiger partial charge in [0.1, 0.15) is 10.9 Å². The Kier molecular flexibility index (Phi) is 4.51. The van der Waals surface area contributed by atoms with E-state index in [2.05, 4.69) is 10.3 Å². The maximum Gasteiger partial charge on any atom is 0.185 e. The Morgan fingerprint density at radius 3 is 2.93 bits per heavy atom. The van der Waals surface area contributed by atoms with Crippen molar-refractivity contribution in [1.29, 1.82) is 5.26 Å². The molecule has 0 amide bonds. The zero-order valence-electron chi connectivity index (χ0n) is 8.28. The lowest BCUT2D eigenvalue weighted by atomic mass is 10.5. The van der Waals surface area contributed by atoms with E-state index in [1.165, 1.54) is 11.3 Å². The molecule has 2 unspecified atom stereocenters. The number of thiazole rings is 1. The average Bonchev–Trinajstić information content (AvgIpc) is 2.55. The van der Waals surface area contributed by atoms with Crippen molar-refractivity contribution in [2.75, 3.05) is 18.1 Å². The number of aromatic nitrogens is 1. The Labute approximate surface area is 99.7 Å². The van der Waals surface area contributed by atoms with Crippen LogP contribution in [0.1, 0.15) is 11.8 Å². The van der Waals surface area contributed by atoms with Crippen LogP contribution in [0.3, 0.4) is 0 Å². The largest absolute Gasteiger partial charge is 0.360 e. The predicted molar refractivity (Wildman–Crippen MR) is 63.9 cm³/mol. The number of hydrogen-bond donors (Lipinski definition) is 1. The van der Waals surface area contributed by atoms with Gasteiger partial charge in [-0.05, 0) is 6.92 Å². The molecule has 0 bridgehead atoms. The van der Waals surface area contributed by atoms with E-state index in [0.29, 0.717) is 16.6 Å². The van der Waals surface area contributed by atoms with Crippen LogP contribution in [0.5, 0.6) is 0 Å². The van der Waals surface area contributed by atoms with Crippen LogP contribution in [0.4, 0.5) is 5.13 Å². The summed E-state index contributed by atoms with van der Waals surface area (Å²) < 4.78 is 11.1. The third-order valence-electron chi connectivity index (χ3n) is 1.79. The van der Waals surface area contributed by atoms with Gasteiger partial charge in [0.2, 0.25) is 0 Å². The van der Waals surface area contributed by atoms with Crippen molar-refractivity contribution in [2.45, 2.75) is 12.2 Å². The minimum absolute atomic E-state index is 0.0400. The van der Waals surface area contributed by atoms with Crippen molar-refractivity contribution in [1.82, 2.24) is 4.98 Å². The molecule has 0 radical (unpaired) electrons. The van der Waals surface area contributed by atoms with E-state index in [1.54, 1.807) is 6.26 Å². The van der Waals surface area contributed by atoms with Gasteiger partial charge < -0.3 is 5.32 Å². The summed E-state index contributed by atoms with van der Waals surface area (Å²) in [6.45, 7) is 2.43. The van der Waals surface area contributed by atoms with Crippen molar-refractivity contribution in [3.63, 3.8) is 0 Å². The Morgan fingerprint density at radius 2 is 2.47 bits per heavy atom. The number of nitriles is 1. The fourth-order valence-corrected chi connectivity index (χ4v) is 2.07. The van der Waals surface area contributed by atoms with Crippen LogP contribution in [0.2, 0.25) is 5.15 Å². The van der Waals surface area contributed by atoms with Crippen LogP contribution in [0.15, 0.2) is 0 Å². The number of anilines is 1. The first-order chi connectivity index (χ1) is 7.04. The van der Waals surface area contributed by atoms with Gasteiger partial charge in [0.25, 0.3) is 0 Å². The van der Waals surface area contributed by atoms with Gasteiger partial charge in [0.15, 0.2) is 10.3 Å². The quantitative estimate of drug-likeness (QED) is 0.900. The van der Waals surface area contributed by atoms with E-state index in [9.17, 15) is 4.21 Å². The molecule has 0 aromatic carbocycles. The second kappa shape index (κ2) is 5.45. The van der Waals surface area contributed by atoms with Crippen molar-refractivity contribution < 1.29 is 4.21 Å². The van der Waals surface area contributed by atoms with Crippen LogP contribution in [-0.4, -0.2) is 27.2 Å². The number of hydrogen-bond acceptors (Lipinski definition) is 5. The van der Waals surface area contributed by atoms with E-state index in [-0.39, 0.29) is 10.4 Å². The number of rotatable bonds is 4. The second-order valence-electron chi connectivity index (χ2n) is 2.94. The summed E-state index contributed by atoms with van der Waals surface area (Å²) in [7, 11) is -0.868. The van der Waals surface area contributed by atoms with E-state index in [1.807, 2.05) is 13.0 Å². The minimum Gasteiger partial charge on any atom is -0.360 e. The van der Waals surface area contributed by atoms with Gasteiger partial charge >= 0.3 is 0 Å². The van der Waals surface area contributed by atoms with Crippen molar-refractivity contribution in [3.8, 4) is 6.07 Å². The molecule has 0 aliphatic carbocycles. The van der Waals surface area contributed by atoms with Crippen LogP contribution in [0.25, 0.3) is 0 Å². The first-order valence-electron chi connectivity index (χ1n) is 4.17. The van der Waals surface area contributed by atoms with Gasteiger partial charge in [-0.2, -0.15) is 5.26 Å². The fraction of sp³-hybridized carbons (Fsp3) is 0.500. The molecule has 1 heterocycles. The van der Waals surface area contributed by atoms with Crippen molar-refractivity contribution in [3.05, 3.63) is 10.0 Å². The highest BCUT2D eigenvalue weighted by Gasteiger charge is 2.10. The van der Waals surface area contributed by atoms with E-state index >= 15 is 0 Å². The molecular weight excluding hydrogens is 254 g/mol. The topological polar surface area (TPSA) is 65.8 Å². The first-order valence-corrected chi connectivity index (χ1v) is 6.98. The highest BCUT2D eigenvalue weighted by Crippen LogP contribution is 2.25. The molecule has 15 heavy (non-hydrogen) atoms. The molecule has 82 valence electrons. The highest BCUT2D eigenvalue weighted by molar-refractivity contribution is 7.84. The molecule has 1 N–H and O–H groups in total. The highest BCUT2D eigenvalue weighted by atomic mass is 35.5. The Bertz CT molecular complexity index is 413. The summed E-state index contributed by atoms with van der Waals surface area (Å²) in [4.78, 5) is 4.36. The second-order valence-corrected chi connectivity index (χ2v) is 6.10. The summed E-state index contributed by atoms with van der Waals surface area (Å²) in [5.41, 5.74) is 0. The van der Waals surface area contributed by atoms with Gasteiger partial charge in [-0.25, -0.2) is 4.98 Å². The van der Waals surface area contributed by atoms with Gasteiger partial charge in [-0.15, -0.1) is 0 Å². The fourth-order valence-electron chi connectivity index (χ4n) is 0.794. The summed E-state index contributed by atoms with van der Waals surface area (Å²) >= 11 is 6.90. The Morgan fingerprint density at radius 1 is 1.80 bits per heavy atom. The predicted octanol–water partition coefficient (Wildman–Crippen LogP) is 1.85. The molecular formula is C8H10ClN3OS2. The summed E-state index contributed by atoms with van der Waals surface area (Å²) in [6.07, 6.45) is 1.65. The first kappa shape index (κ1) is 12.4. The van der Waals surface area contributed by atoms with E-state index in [0.717, 1.165) is 0 Å². The molecule has 0 saturated heterocycles. The van der Waals surface area contributed by atoms with Crippen LogP contribution in [0, 0.1) is 11.3 Å². The lowest BCUT2D eigenvalue weighted by molar-refractivity contribution is 0.679.